The van der Waals surface area contributed by atoms with Crippen LogP contribution in [0.5, 0.6) is 0 Å². The first-order valence-electron chi connectivity index (χ1n) is 5.31. The molecule has 0 aliphatic heterocycles. The molecule has 1 heterocycles. The van der Waals surface area contributed by atoms with Crippen molar-refractivity contribution in [3.05, 3.63) is 42.2 Å². The zero-order chi connectivity index (χ0) is 13.0. The fourth-order valence-electron chi connectivity index (χ4n) is 1.54. The van der Waals surface area contributed by atoms with Gasteiger partial charge in [0, 0.05) is 18.4 Å². The lowest BCUT2D eigenvalue weighted by atomic mass is 10.1. The van der Waals surface area contributed by atoms with Gasteiger partial charge in [0.2, 0.25) is 0 Å². The number of rotatable bonds is 4. The molecule has 4 nitrogen and oxygen atoms in total. The predicted octanol–water partition coefficient (Wildman–Crippen LogP) is 2.41. The molecule has 0 spiro atoms. The van der Waals surface area contributed by atoms with Gasteiger partial charge in [-0.2, -0.15) is 13.2 Å². The minimum Gasteiger partial charge on any atom is -0.383 e. The van der Waals surface area contributed by atoms with Crippen molar-refractivity contribution in [3.8, 4) is 0 Å². The number of para-hydroxylation sites is 1. The maximum Gasteiger partial charge on any atom is 0.418 e. The van der Waals surface area contributed by atoms with E-state index in [9.17, 15) is 13.2 Å². The van der Waals surface area contributed by atoms with E-state index in [4.69, 9.17) is 0 Å². The van der Waals surface area contributed by atoms with E-state index in [0.717, 1.165) is 6.07 Å². The molecule has 96 valence electrons. The van der Waals surface area contributed by atoms with Crippen molar-refractivity contribution in [1.82, 2.24) is 15.0 Å². The molecular formula is C11H11F3N4. The van der Waals surface area contributed by atoms with E-state index >= 15 is 0 Å². The van der Waals surface area contributed by atoms with Gasteiger partial charge in [-0.15, -0.1) is 5.10 Å². The molecule has 0 saturated heterocycles. The molecule has 2 aromatic rings. The Morgan fingerprint density at radius 3 is 2.67 bits per heavy atom. The van der Waals surface area contributed by atoms with E-state index in [1.807, 2.05) is 0 Å². The van der Waals surface area contributed by atoms with Crippen LogP contribution in [0.2, 0.25) is 0 Å². The highest BCUT2D eigenvalue weighted by molar-refractivity contribution is 5.52. The number of hydrogen-bond donors (Lipinski definition) is 1. The molecule has 0 aliphatic carbocycles. The van der Waals surface area contributed by atoms with Crippen LogP contribution in [0.1, 0.15) is 5.56 Å². The summed E-state index contributed by atoms with van der Waals surface area (Å²) in [7, 11) is 0. The number of nitrogens with zero attached hydrogens (tertiary/aromatic N) is 3. The summed E-state index contributed by atoms with van der Waals surface area (Å²) in [6, 6.07) is 5.39. The van der Waals surface area contributed by atoms with Gasteiger partial charge < -0.3 is 5.32 Å². The topological polar surface area (TPSA) is 42.7 Å². The van der Waals surface area contributed by atoms with Crippen LogP contribution in [0.4, 0.5) is 18.9 Å². The van der Waals surface area contributed by atoms with Crippen molar-refractivity contribution < 1.29 is 13.2 Å². The summed E-state index contributed by atoms with van der Waals surface area (Å²) in [6.45, 7) is 0.794. The van der Waals surface area contributed by atoms with Gasteiger partial charge in [-0.25, -0.2) is 0 Å². The molecule has 0 unspecified atom stereocenters. The first-order chi connectivity index (χ1) is 8.57. The highest BCUT2D eigenvalue weighted by Gasteiger charge is 2.32. The van der Waals surface area contributed by atoms with E-state index < -0.39 is 11.7 Å². The second-order valence-corrected chi connectivity index (χ2v) is 3.64. The highest BCUT2D eigenvalue weighted by atomic mass is 19.4. The van der Waals surface area contributed by atoms with Gasteiger partial charge in [-0.05, 0) is 12.1 Å². The van der Waals surface area contributed by atoms with Crippen LogP contribution in [-0.4, -0.2) is 21.5 Å². The van der Waals surface area contributed by atoms with Gasteiger partial charge >= 0.3 is 6.18 Å². The summed E-state index contributed by atoms with van der Waals surface area (Å²) in [5.74, 6) is 0. The summed E-state index contributed by atoms with van der Waals surface area (Å²) < 4.78 is 39.6. The van der Waals surface area contributed by atoms with Crippen molar-refractivity contribution >= 4 is 5.69 Å². The minimum absolute atomic E-state index is 0.0742. The Morgan fingerprint density at radius 2 is 2.00 bits per heavy atom. The maximum atomic E-state index is 12.7. The van der Waals surface area contributed by atoms with Gasteiger partial charge in [0.25, 0.3) is 0 Å². The molecule has 0 atom stereocenters. The van der Waals surface area contributed by atoms with Gasteiger partial charge in [0.05, 0.1) is 18.3 Å². The maximum absolute atomic E-state index is 12.7. The average Bonchev–Trinajstić information content (AvgIpc) is 2.81. The van der Waals surface area contributed by atoms with E-state index in [-0.39, 0.29) is 5.69 Å². The summed E-state index contributed by atoms with van der Waals surface area (Å²) in [4.78, 5) is 0. The van der Waals surface area contributed by atoms with Crippen LogP contribution in [0.15, 0.2) is 36.7 Å². The Morgan fingerprint density at radius 1 is 1.22 bits per heavy atom. The van der Waals surface area contributed by atoms with Crippen LogP contribution in [0.3, 0.4) is 0 Å². The van der Waals surface area contributed by atoms with Crippen molar-refractivity contribution in [2.75, 3.05) is 11.9 Å². The molecule has 0 aliphatic rings. The lowest BCUT2D eigenvalue weighted by Crippen LogP contribution is -2.15. The van der Waals surface area contributed by atoms with Crippen LogP contribution in [0, 0.1) is 0 Å². The molecule has 0 amide bonds. The number of hydrogen-bond acceptors (Lipinski definition) is 3. The minimum atomic E-state index is -4.35. The fraction of sp³-hybridized carbons (Fsp3) is 0.273. The predicted molar refractivity (Wildman–Crippen MR) is 60.0 cm³/mol. The molecule has 0 saturated carbocycles. The van der Waals surface area contributed by atoms with Crippen molar-refractivity contribution in [3.63, 3.8) is 0 Å². The highest BCUT2D eigenvalue weighted by Crippen LogP contribution is 2.34. The lowest BCUT2D eigenvalue weighted by Gasteiger charge is -2.14. The lowest BCUT2D eigenvalue weighted by molar-refractivity contribution is -0.136. The van der Waals surface area contributed by atoms with E-state index in [1.165, 1.54) is 18.3 Å². The Bertz CT molecular complexity index is 493. The molecule has 2 rings (SSSR count). The quantitative estimate of drug-likeness (QED) is 0.913. The van der Waals surface area contributed by atoms with Gasteiger partial charge in [-0.3, -0.25) is 4.68 Å². The van der Waals surface area contributed by atoms with Crippen molar-refractivity contribution in [2.24, 2.45) is 0 Å². The first-order valence-corrected chi connectivity index (χ1v) is 5.31. The van der Waals surface area contributed by atoms with Crippen molar-refractivity contribution in [2.45, 2.75) is 12.7 Å². The normalized spacial score (nSPS) is 11.5. The smallest absolute Gasteiger partial charge is 0.383 e. The third kappa shape index (κ3) is 2.99. The first kappa shape index (κ1) is 12.4. The number of nitrogens with one attached hydrogen (secondary N) is 1. The molecule has 7 heteroatoms. The third-order valence-electron chi connectivity index (χ3n) is 2.36. The summed E-state index contributed by atoms with van der Waals surface area (Å²) in [5.41, 5.74) is -0.589. The molecule has 18 heavy (non-hydrogen) atoms. The second-order valence-electron chi connectivity index (χ2n) is 3.64. The number of anilines is 1. The number of halogens is 3. The van der Waals surface area contributed by atoms with Gasteiger partial charge in [0.1, 0.15) is 0 Å². The van der Waals surface area contributed by atoms with Crippen LogP contribution in [0.25, 0.3) is 0 Å². The van der Waals surface area contributed by atoms with E-state index in [0.29, 0.717) is 13.1 Å². The van der Waals surface area contributed by atoms with E-state index in [1.54, 1.807) is 16.9 Å². The third-order valence-corrected chi connectivity index (χ3v) is 2.36. The largest absolute Gasteiger partial charge is 0.418 e. The van der Waals surface area contributed by atoms with Gasteiger partial charge in [-0.1, -0.05) is 17.3 Å². The average molecular weight is 256 g/mol. The molecular weight excluding hydrogens is 245 g/mol. The van der Waals surface area contributed by atoms with Crippen LogP contribution < -0.4 is 5.32 Å². The molecule has 0 bridgehead atoms. The Balaban J connectivity index is 2.01. The Kier molecular flexibility index (Phi) is 3.50. The summed E-state index contributed by atoms with van der Waals surface area (Å²) in [6.07, 6.45) is -1.18. The fourth-order valence-corrected chi connectivity index (χ4v) is 1.54. The summed E-state index contributed by atoms with van der Waals surface area (Å²) in [5, 5.41) is 10.1. The molecule has 1 aromatic heterocycles. The van der Waals surface area contributed by atoms with Crippen LogP contribution in [-0.2, 0) is 12.7 Å². The number of alkyl halides is 3. The zero-order valence-electron chi connectivity index (χ0n) is 9.35. The number of benzene rings is 1. The molecule has 0 fully saturated rings. The Labute approximate surface area is 101 Å². The van der Waals surface area contributed by atoms with Crippen molar-refractivity contribution in [1.29, 1.82) is 0 Å². The Hall–Kier alpha value is -2.05. The molecule has 0 radical (unpaired) electrons. The van der Waals surface area contributed by atoms with E-state index in [2.05, 4.69) is 15.6 Å². The SMILES string of the molecule is FC(F)(F)c1ccccc1NCCn1ccnn1. The monoisotopic (exact) mass is 256 g/mol. The van der Waals surface area contributed by atoms with Gasteiger partial charge in [0.15, 0.2) is 0 Å². The number of aromatic nitrogens is 3. The second kappa shape index (κ2) is 5.07. The van der Waals surface area contributed by atoms with Crippen LogP contribution >= 0.6 is 0 Å². The molecule has 1 N–H and O–H groups in total. The summed E-state index contributed by atoms with van der Waals surface area (Å²) >= 11 is 0. The standard InChI is InChI=1S/C11H11F3N4/c12-11(13,14)9-3-1-2-4-10(9)15-5-7-18-8-6-16-17-18/h1-4,6,8,15H,5,7H2. The molecule has 1 aromatic carbocycles. The zero-order valence-corrected chi connectivity index (χ0v) is 9.35.